The molecule has 1 nitrogen and oxygen atoms in total. The van der Waals surface area contributed by atoms with Crippen molar-refractivity contribution in [3.8, 4) is 0 Å². The van der Waals surface area contributed by atoms with Crippen molar-refractivity contribution >= 4 is 71.9 Å². The van der Waals surface area contributed by atoms with Gasteiger partial charge in [-0.15, -0.1) is 0 Å². The van der Waals surface area contributed by atoms with Gasteiger partial charge in [0.2, 0.25) is 0 Å². The van der Waals surface area contributed by atoms with Crippen LogP contribution < -0.4 is 0 Å². The molecule has 0 heterocycles. The van der Waals surface area contributed by atoms with Crippen LogP contribution in [0.3, 0.4) is 0 Å². The second-order valence-corrected chi connectivity index (χ2v) is 0. The van der Waals surface area contributed by atoms with Crippen molar-refractivity contribution in [3.63, 3.8) is 0 Å². The van der Waals surface area contributed by atoms with Crippen LogP contribution in [-0.4, -0.2) is 77.4 Å². The van der Waals surface area contributed by atoms with Gasteiger partial charge in [-0.2, -0.15) is 0 Å². The molecule has 0 aliphatic heterocycles. The third-order valence-corrected chi connectivity index (χ3v) is 0. The molecule has 0 amide bonds. The summed E-state index contributed by atoms with van der Waals surface area (Å²) in [5.41, 5.74) is 0. The third kappa shape index (κ3) is 8.89. The van der Waals surface area contributed by atoms with Gasteiger partial charge in [-0.25, -0.2) is 0 Å². The first kappa shape index (κ1) is 27.9. The van der Waals surface area contributed by atoms with E-state index in [0.29, 0.717) is 0 Å². The van der Waals surface area contributed by atoms with E-state index in [1.807, 2.05) is 0 Å². The molecule has 0 spiro atoms. The van der Waals surface area contributed by atoms with Gasteiger partial charge in [-0.05, 0) is 0 Å². The Morgan fingerprint density at radius 3 is 1.00 bits per heavy atom. The molecule has 0 atom stereocenters. The summed E-state index contributed by atoms with van der Waals surface area (Å²) in [4.78, 5) is 0. The molecule has 0 bridgehead atoms. The van der Waals surface area contributed by atoms with E-state index in [1.165, 1.54) is 0 Å². The van der Waals surface area contributed by atoms with Crippen molar-refractivity contribution in [3.05, 3.63) is 0 Å². The zero-order valence-electron chi connectivity index (χ0n) is 1.95. The summed E-state index contributed by atoms with van der Waals surface area (Å²) in [5, 5.41) is 0. The van der Waals surface area contributed by atoms with Crippen LogP contribution in [0.1, 0.15) is 0 Å². The number of hydrogen-bond acceptors (Lipinski definition) is 1. The summed E-state index contributed by atoms with van der Waals surface area (Å²) in [6.45, 7) is 0. The molecule has 0 aromatic rings. The van der Waals surface area contributed by atoms with E-state index in [2.05, 4.69) is 0 Å². The van der Waals surface area contributed by atoms with Gasteiger partial charge in [-0.1, -0.05) is 0 Å². The van der Waals surface area contributed by atoms with E-state index in [9.17, 15) is 0 Å². The summed E-state index contributed by atoms with van der Waals surface area (Å²) in [6, 6.07) is 0. The SMILES string of the molecule is [BaH+].[MgH2].[OH-].[Ti]. The summed E-state index contributed by atoms with van der Waals surface area (Å²) in [6.07, 6.45) is 0. The Morgan fingerprint density at radius 1 is 1.00 bits per heavy atom. The predicted octanol–water partition coefficient (Wildman–Crippen LogP) is -1.74. The average molecular weight is 230 g/mol. The van der Waals surface area contributed by atoms with Crippen molar-refractivity contribution in [1.29, 1.82) is 0 Å². The monoisotopic (exact) mass is 230 g/mol. The fraction of sp³-hybridized carbons (Fsp3) is 0. The van der Waals surface area contributed by atoms with Gasteiger partial charge in [0.1, 0.15) is 0 Å². The molecule has 0 aromatic heterocycles. The quantitative estimate of drug-likeness (QED) is 0.454. The van der Waals surface area contributed by atoms with Crippen LogP contribution in [0, 0.1) is 0 Å². The molecular formula is H4BaMgOTi. The molecule has 18 valence electrons. The van der Waals surface area contributed by atoms with Crippen LogP contribution in [-0.2, 0) is 21.7 Å². The Hall–Kier alpha value is 3.01. The summed E-state index contributed by atoms with van der Waals surface area (Å²) < 4.78 is 0. The third-order valence-electron chi connectivity index (χ3n) is 0. The Balaban J connectivity index is 0. The topological polar surface area (TPSA) is 30.0 Å². The van der Waals surface area contributed by atoms with Crippen molar-refractivity contribution in [1.82, 2.24) is 0 Å². The minimum atomic E-state index is 0. The molecule has 0 aromatic carbocycles. The van der Waals surface area contributed by atoms with E-state index in [4.69, 9.17) is 0 Å². The molecule has 4 heteroatoms. The van der Waals surface area contributed by atoms with Crippen LogP contribution in [0.5, 0.6) is 0 Å². The molecule has 0 fully saturated rings. The Morgan fingerprint density at radius 2 is 1.00 bits per heavy atom. The molecule has 0 radical (unpaired) electrons. The van der Waals surface area contributed by atoms with Gasteiger partial charge in [0.05, 0.1) is 0 Å². The van der Waals surface area contributed by atoms with Crippen LogP contribution in [0.15, 0.2) is 0 Å². The minimum absolute atomic E-state index is 0. The van der Waals surface area contributed by atoms with Crippen LogP contribution in [0.25, 0.3) is 0 Å². The fourth-order valence-corrected chi connectivity index (χ4v) is 0. The van der Waals surface area contributed by atoms with Gasteiger partial charge < -0.3 is 5.48 Å². The molecule has 0 saturated carbocycles. The van der Waals surface area contributed by atoms with Crippen LogP contribution in [0.4, 0.5) is 0 Å². The van der Waals surface area contributed by atoms with E-state index < -0.39 is 0 Å². The van der Waals surface area contributed by atoms with Crippen LogP contribution in [0.2, 0.25) is 0 Å². The van der Waals surface area contributed by atoms with Crippen molar-refractivity contribution in [2.24, 2.45) is 0 Å². The van der Waals surface area contributed by atoms with Gasteiger partial charge in [0.25, 0.3) is 0 Å². The van der Waals surface area contributed by atoms with Crippen molar-refractivity contribution in [2.75, 3.05) is 0 Å². The average Bonchev–Trinajstić information content (AvgIpc) is 0. The summed E-state index contributed by atoms with van der Waals surface area (Å²) in [7, 11) is 0. The first-order valence-corrected chi connectivity index (χ1v) is 0. The van der Waals surface area contributed by atoms with Crippen molar-refractivity contribution < 1.29 is 27.2 Å². The standard InChI is InChI=1S/Ba.Mg.H2O.Ti.3H/h;;1H2;;;;/q+1;;;;;;/p-1. The fourth-order valence-electron chi connectivity index (χ4n) is 0. The molecule has 0 aliphatic carbocycles. The smallest absolute Gasteiger partial charge is 0.316 e. The predicted molar refractivity (Wildman–Crippen MR) is 17.6 cm³/mol. The summed E-state index contributed by atoms with van der Waals surface area (Å²) >= 11 is 0. The summed E-state index contributed by atoms with van der Waals surface area (Å²) in [5.74, 6) is 0. The van der Waals surface area contributed by atoms with E-state index in [0.717, 1.165) is 0 Å². The Kier molecular flexibility index (Phi) is 116. The van der Waals surface area contributed by atoms with E-state index >= 15 is 0 Å². The zero-order valence-corrected chi connectivity index (χ0v) is 9.79. The molecule has 0 unspecified atom stereocenters. The maximum Gasteiger partial charge on any atom is 0.316 e. The first-order chi connectivity index (χ1) is 0. The minimum Gasteiger partial charge on any atom is -0.870 e. The number of rotatable bonds is 0. The molecule has 1 N–H and O–H groups in total. The maximum absolute atomic E-state index is 0. The molecule has 0 rings (SSSR count). The zero-order chi connectivity index (χ0) is 0. The number of hydrogen-bond donors (Lipinski definition) is 0. The molecule has 0 saturated heterocycles. The van der Waals surface area contributed by atoms with Gasteiger partial charge in [0, 0.05) is 21.7 Å². The molecule has 0 aliphatic rings. The largest absolute Gasteiger partial charge is 0.870 e. The second-order valence-electron chi connectivity index (χ2n) is 0. The van der Waals surface area contributed by atoms with Crippen LogP contribution >= 0.6 is 0 Å². The molecule has 4 heavy (non-hydrogen) atoms. The second kappa shape index (κ2) is 16.6. The van der Waals surface area contributed by atoms with Gasteiger partial charge >= 0.3 is 71.9 Å². The van der Waals surface area contributed by atoms with Gasteiger partial charge in [-0.3, -0.25) is 0 Å². The Bertz CT molecular complexity index is 8.00. The van der Waals surface area contributed by atoms with Gasteiger partial charge in [0.15, 0.2) is 0 Å². The van der Waals surface area contributed by atoms with Crippen molar-refractivity contribution in [2.45, 2.75) is 0 Å². The first-order valence-electron chi connectivity index (χ1n) is 0. The maximum atomic E-state index is 0. The Labute approximate surface area is 96.7 Å². The molecular weight excluding hydrogens is 225 g/mol. The van der Waals surface area contributed by atoms with E-state index in [-0.39, 0.29) is 99.1 Å². The van der Waals surface area contributed by atoms with E-state index in [1.54, 1.807) is 0 Å². The normalized spacial score (nSPS) is 0.